The minimum absolute atomic E-state index is 0.0983. The Labute approximate surface area is 180 Å². The van der Waals surface area contributed by atoms with Gasteiger partial charge in [-0.15, -0.1) is 0 Å². The van der Waals surface area contributed by atoms with Crippen LogP contribution in [-0.2, 0) is 19.9 Å². The molecule has 162 valence electrons. The number of rotatable bonds is 2. The quantitative estimate of drug-likeness (QED) is 0.439. The summed E-state index contributed by atoms with van der Waals surface area (Å²) >= 11 is 0. The van der Waals surface area contributed by atoms with E-state index >= 15 is 0 Å². The van der Waals surface area contributed by atoms with Crippen LogP contribution in [0.15, 0.2) is 42.5 Å². The first-order chi connectivity index (χ1) is 15.4. The number of hydrogen-bond donors (Lipinski definition) is 1. The smallest absolute Gasteiger partial charge is 0.271 e. The number of imide groups is 1. The van der Waals surface area contributed by atoms with Crippen LogP contribution in [0.4, 0.5) is 21.5 Å². The summed E-state index contributed by atoms with van der Waals surface area (Å²) in [6, 6.07) is 8.95. The fourth-order valence-corrected chi connectivity index (χ4v) is 6.18. The summed E-state index contributed by atoms with van der Waals surface area (Å²) < 4.78 is 14.3. The molecule has 0 bridgehead atoms. The molecule has 3 amide bonds. The number of nitro benzene ring substituents is 1. The van der Waals surface area contributed by atoms with Crippen molar-refractivity contribution in [2.24, 2.45) is 11.8 Å². The van der Waals surface area contributed by atoms with Gasteiger partial charge in [-0.3, -0.25) is 29.4 Å². The summed E-state index contributed by atoms with van der Waals surface area (Å²) in [5, 5.41) is 14.0. The molecule has 9 nitrogen and oxygen atoms in total. The Balaban J connectivity index is 1.54. The lowest BCUT2D eigenvalue weighted by Gasteiger charge is -2.36. The summed E-state index contributed by atoms with van der Waals surface area (Å²) in [7, 11) is 0. The van der Waals surface area contributed by atoms with Crippen molar-refractivity contribution in [2.45, 2.75) is 24.4 Å². The minimum atomic E-state index is -1.48. The van der Waals surface area contributed by atoms with E-state index in [9.17, 15) is 28.9 Å². The normalized spacial score (nSPS) is 30.6. The van der Waals surface area contributed by atoms with Gasteiger partial charge in [-0.2, -0.15) is 0 Å². The first-order valence-electron chi connectivity index (χ1n) is 10.4. The van der Waals surface area contributed by atoms with Crippen LogP contribution in [0.1, 0.15) is 18.4 Å². The third kappa shape index (κ3) is 2.12. The molecule has 3 saturated heterocycles. The second-order valence-corrected chi connectivity index (χ2v) is 8.61. The number of carbonyl (C=O) groups is 3. The van der Waals surface area contributed by atoms with Gasteiger partial charge in [0.15, 0.2) is 0 Å². The van der Waals surface area contributed by atoms with Crippen molar-refractivity contribution in [3.63, 3.8) is 0 Å². The zero-order valence-electron chi connectivity index (χ0n) is 16.7. The van der Waals surface area contributed by atoms with Crippen molar-refractivity contribution >= 4 is 34.8 Å². The average molecular weight is 436 g/mol. The van der Waals surface area contributed by atoms with Crippen LogP contribution in [0.25, 0.3) is 0 Å². The van der Waals surface area contributed by atoms with Gasteiger partial charge in [0.1, 0.15) is 11.4 Å². The molecule has 1 spiro atoms. The Bertz CT molecular complexity index is 1250. The molecule has 4 atom stereocenters. The van der Waals surface area contributed by atoms with E-state index in [0.29, 0.717) is 24.2 Å². The number of benzene rings is 2. The maximum absolute atomic E-state index is 14.3. The van der Waals surface area contributed by atoms with Gasteiger partial charge in [0.2, 0.25) is 17.7 Å². The minimum Gasteiger partial charge on any atom is -0.324 e. The number of non-ortho nitro benzene ring substituents is 1. The highest BCUT2D eigenvalue weighted by atomic mass is 19.1. The summed E-state index contributed by atoms with van der Waals surface area (Å²) in [5.74, 6) is -3.88. The van der Waals surface area contributed by atoms with Crippen LogP contribution in [0.2, 0.25) is 0 Å². The number of nitrogens with one attached hydrogen (secondary N) is 1. The molecular formula is C22H17FN4O5. The number of fused-ring (bicyclic) bond motifs is 7. The third-order valence-electron chi connectivity index (χ3n) is 7.25. The fraction of sp³-hybridized carbons (Fsp3) is 0.318. The second kappa shape index (κ2) is 6.19. The average Bonchev–Trinajstić information content (AvgIpc) is 3.46. The molecule has 0 saturated carbocycles. The van der Waals surface area contributed by atoms with Crippen molar-refractivity contribution in [1.82, 2.24) is 4.90 Å². The van der Waals surface area contributed by atoms with E-state index in [1.165, 1.54) is 42.5 Å². The predicted molar refractivity (Wildman–Crippen MR) is 109 cm³/mol. The Hall–Kier alpha value is -3.66. The topological polar surface area (TPSA) is 113 Å². The highest BCUT2D eigenvalue weighted by molar-refractivity contribution is 6.25. The summed E-state index contributed by atoms with van der Waals surface area (Å²) in [4.78, 5) is 54.2. The van der Waals surface area contributed by atoms with E-state index in [1.54, 1.807) is 0 Å². The fourth-order valence-electron chi connectivity index (χ4n) is 6.18. The lowest BCUT2D eigenvalue weighted by atomic mass is 9.75. The number of nitrogens with zero attached hydrogens (tertiary/aromatic N) is 3. The first kappa shape index (κ1) is 19.1. The lowest BCUT2D eigenvalue weighted by Crippen LogP contribution is -2.54. The Morgan fingerprint density at radius 2 is 1.94 bits per heavy atom. The van der Waals surface area contributed by atoms with Crippen molar-refractivity contribution in [3.05, 3.63) is 64.0 Å². The second-order valence-electron chi connectivity index (χ2n) is 8.61. The zero-order chi connectivity index (χ0) is 22.4. The number of anilines is 2. The molecule has 32 heavy (non-hydrogen) atoms. The van der Waals surface area contributed by atoms with Gasteiger partial charge in [-0.1, -0.05) is 6.07 Å². The van der Waals surface area contributed by atoms with E-state index in [2.05, 4.69) is 5.32 Å². The molecule has 0 radical (unpaired) electrons. The Morgan fingerprint density at radius 1 is 1.12 bits per heavy atom. The van der Waals surface area contributed by atoms with Gasteiger partial charge < -0.3 is 5.32 Å². The number of amides is 3. The molecule has 2 aromatic carbocycles. The molecule has 0 aliphatic carbocycles. The van der Waals surface area contributed by atoms with Gasteiger partial charge in [-0.25, -0.2) is 9.29 Å². The van der Waals surface area contributed by atoms with Crippen LogP contribution in [-0.4, -0.2) is 40.1 Å². The van der Waals surface area contributed by atoms with Gasteiger partial charge >= 0.3 is 0 Å². The molecular weight excluding hydrogens is 419 g/mol. The predicted octanol–water partition coefficient (Wildman–Crippen LogP) is 2.17. The molecule has 3 fully saturated rings. The van der Waals surface area contributed by atoms with E-state index in [1.807, 2.05) is 4.90 Å². The van der Waals surface area contributed by atoms with Gasteiger partial charge in [0.25, 0.3) is 5.69 Å². The summed E-state index contributed by atoms with van der Waals surface area (Å²) in [6.07, 6.45) is 1.37. The number of carbonyl (C=O) groups excluding carboxylic acids is 3. The van der Waals surface area contributed by atoms with Crippen LogP contribution in [0.3, 0.4) is 0 Å². The molecule has 6 rings (SSSR count). The van der Waals surface area contributed by atoms with Crippen molar-refractivity contribution < 1.29 is 23.7 Å². The van der Waals surface area contributed by atoms with Crippen molar-refractivity contribution in [2.75, 3.05) is 16.8 Å². The van der Waals surface area contributed by atoms with Gasteiger partial charge in [0, 0.05) is 29.4 Å². The zero-order valence-corrected chi connectivity index (χ0v) is 16.7. The molecule has 4 aliphatic heterocycles. The van der Waals surface area contributed by atoms with E-state index in [-0.39, 0.29) is 17.4 Å². The lowest BCUT2D eigenvalue weighted by molar-refractivity contribution is -0.384. The number of nitro groups is 1. The van der Waals surface area contributed by atoms with Gasteiger partial charge in [0.05, 0.1) is 22.4 Å². The highest BCUT2D eigenvalue weighted by Gasteiger charge is 2.74. The van der Waals surface area contributed by atoms with Gasteiger partial charge in [-0.05, 0) is 43.7 Å². The first-order valence-corrected chi connectivity index (χ1v) is 10.4. The monoisotopic (exact) mass is 436 g/mol. The maximum atomic E-state index is 14.3. The van der Waals surface area contributed by atoms with E-state index < -0.39 is 45.8 Å². The van der Waals surface area contributed by atoms with Crippen molar-refractivity contribution in [1.29, 1.82) is 0 Å². The largest absolute Gasteiger partial charge is 0.324 e. The van der Waals surface area contributed by atoms with E-state index in [0.717, 1.165) is 11.3 Å². The van der Waals surface area contributed by atoms with E-state index in [4.69, 9.17) is 0 Å². The number of halogens is 1. The van der Waals surface area contributed by atoms with Crippen molar-refractivity contribution in [3.8, 4) is 0 Å². The Morgan fingerprint density at radius 3 is 2.72 bits per heavy atom. The van der Waals surface area contributed by atoms with Crippen LogP contribution < -0.4 is 10.2 Å². The standard InChI is InChI=1S/C22H17FN4O5/c23-11-6-7-15-14(9-11)22(21(30)24-15)18-17(16-5-2-8-25(16)22)19(28)26(20(18)29)12-3-1-4-13(10-12)27(31)32/h1,3-4,6-7,9-10,16-18H,2,5,8H2,(H,24,30)/t16-,17+,18+,22+/m0/s1. The molecule has 4 heterocycles. The SMILES string of the molecule is O=C1[C@@H]2[C@@H]3CCCN3[C@@]3(C(=O)Nc4ccc(F)cc43)[C@H]2C(=O)N1c1cccc([N+](=O)[O-])c1. The maximum Gasteiger partial charge on any atom is 0.271 e. The molecule has 0 unspecified atom stereocenters. The summed E-state index contributed by atoms with van der Waals surface area (Å²) in [5.41, 5.74) is -0.837. The molecule has 0 aromatic heterocycles. The molecule has 4 aliphatic rings. The highest BCUT2D eigenvalue weighted by Crippen LogP contribution is 2.60. The third-order valence-corrected chi connectivity index (χ3v) is 7.25. The van der Waals surface area contributed by atoms with Crippen LogP contribution >= 0.6 is 0 Å². The summed E-state index contributed by atoms with van der Waals surface area (Å²) in [6.45, 7) is 0.512. The molecule has 2 aromatic rings. The van der Waals surface area contributed by atoms with Crippen LogP contribution in [0, 0.1) is 27.8 Å². The number of hydrogen-bond acceptors (Lipinski definition) is 6. The Kier molecular flexibility index (Phi) is 3.69. The molecule has 10 heteroatoms. The molecule has 1 N–H and O–H groups in total. The van der Waals surface area contributed by atoms with Crippen LogP contribution in [0.5, 0.6) is 0 Å².